The highest BCUT2D eigenvalue weighted by Crippen LogP contribution is 2.27. The van der Waals surface area contributed by atoms with Crippen LogP contribution in [0.4, 0.5) is 8.78 Å². The smallest absolute Gasteiger partial charge is 0.261 e. The Morgan fingerprint density at radius 1 is 1.07 bits per heavy atom. The summed E-state index contributed by atoms with van der Waals surface area (Å²) in [4.78, 5) is 17.0. The number of piperidine rings is 1. The average Bonchev–Trinajstić information content (AvgIpc) is 2.71. The molecule has 0 spiro atoms. The van der Waals surface area contributed by atoms with Crippen LogP contribution >= 0.6 is 0 Å². The van der Waals surface area contributed by atoms with Gasteiger partial charge in [-0.3, -0.25) is 9.36 Å². The second-order valence-electron chi connectivity index (χ2n) is 7.14. The van der Waals surface area contributed by atoms with Crippen LogP contribution in [-0.2, 0) is 10.0 Å². The van der Waals surface area contributed by atoms with E-state index in [0.29, 0.717) is 29.8 Å². The van der Waals surface area contributed by atoms with Gasteiger partial charge in [-0.05, 0) is 49.6 Å². The fourth-order valence-electron chi connectivity index (χ4n) is 3.72. The third kappa shape index (κ3) is 3.44. The summed E-state index contributed by atoms with van der Waals surface area (Å²) in [5.74, 6) is -2.30. The molecule has 29 heavy (non-hydrogen) atoms. The molecule has 3 aromatic rings. The van der Waals surface area contributed by atoms with E-state index in [4.69, 9.17) is 0 Å². The van der Waals surface area contributed by atoms with Gasteiger partial charge in [0.25, 0.3) is 5.56 Å². The normalized spacial score (nSPS) is 16.4. The Kier molecular flexibility index (Phi) is 4.95. The van der Waals surface area contributed by atoms with Crippen LogP contribution in [0.2, 0.25) is 0 Å². The van der Waals surface area contributed by atoms with Crippen molar-refractivity contribution in [3.05, 3.63) is 70.3 Å². The van der Waals surface area contributed by atoms with Gasteiger partial charge < -0.3 is 0 Å². The quantitative estimate of drug-likeness (QED) is 0.654. The monoisotopic (exact) mass is 419 g/mol. The molecule has 1 aliphatic heterocycles. The number of nitrogens with zero attached hydrogens (tertiary/aromatic N) is 3. The maximum atomic E-state index is 13.5. The van der Waals surface area contributed by atoms with Crippen molar-refractivity contribution in [3.63, 3.8) is 0 Å². The molecular weight excluding hydrogens is 400 g/mol. The van der Waals surface area contributed by atoms with E-state index in [1.807, 2.05) is 19.1 Å². The summed E-state index contributed by atoms with van der Waals surface area (Å²) in [6.07, 6.45) is 2.35. The van der Waals surface area contributed by atoms with Gasteiger partial charge in [-0.25, -0.2) is 22.2 Å². The van der Waals surface area contributed by atoms with Crippen LogP contribution in [0, 0.1) is 18.6 Å². The first kappa shape index (κ1) is 19.7. The second kappa shape index (κ2) is 7.31. The van der Waals surface area contributed by atoms with Crippen LogP contribution in [0.3, 0.4) is 0 Å². The van der Waals surface area contributed by atoms with Crippen molar-refractivity contribution in [3.8, 4) is 0 Å². The molecule has 0 amide bonds. The molecule has 0 bridgehead atoms. The Balaban J connectivity index is 1.57. The molecule has 1 aromatic heterocycles. The lowest BCUT2D eigenvalue weighted by molar-refractivity contribution is 0.269. The molecule has 1 fully saturated rings. The highest BCUT2D eigenvalue weighted by atomic mass is 32.2. The first-order valence-corrected chi connectivity index (χ1v) is 10.6. The van der Waals surface area contributed by atoms with Crippen LogP contribution in [0.15, 0.2) is 52.4 Å². The second-order valence-corrected chi connectivity index (χ2v) is 9.08. The van der Waals surface area contributed by atoms with E-state index in [1.54, 1.807) is 10.6 Å². The molecule has 0 radical (unpaired) electrons. The minimum atomic E-state index is -3.93. The van der Waals surface area contributed by atoms with E-state index in [2.05, 4.69) is 4.98 Å². The van der Waals surface area contributed by atoms with Gasteiger partial charge in [0.1, 0.15) is 0 Å². The zero-order valence-corrected chi connectivity index (χ0v) is 16.5. The third-order valence-corrected chi connectivity index (χ3v) is 7.25. The van der Waals surface area contributed by atoms with Crippen LogP contribution in [0.25, 0.3) is 10.9 Å². The fraction of sp³-hybridized carbons (Fsp3) is 0.300. The number of hydrogen-bond donors (Lipinski definition) is 0. The van der Waals surface area contributed by atoms with Crippen molar-refractivity contribution in [2.45, 2.75) is 30.7 Å². The number of sulfonamides is 1. The number of para-hydroxylation sites is 1. The van der Waals surface area contributed by atoms with Gasteiger partial charge in [0.2, 0.25) is 10.0 Å². The lowest BCUT2D eigenvalue weighted by Gasteiger charge is -2.32. The van der Waals surface area contributed by atoms with E-state index in [-0.39, 0.29) is 29.6 Å². The first-order chi connectivity index (χ1) is 13.8. The van der Waals surface area contributed by atoms with Crippen LogP contribution in [-0.4, -0.2) is 35.4 Å². The molecule has 0 aliphatic carbocycles. The Morgan fingerprint density at radius 3 is 2.48 bits per heavy atom. The van der Waals surface area contributed by atoms with Gasteiger partial charge in [-0.1, -0.05) is 12.1 Å². The number of hydrogen-bond acceptors (Lipinski definition) is 4. The minimum absolute atomic E-state index is 0.152. The fourth-order valence-corrected chi connectivity index (χ4v) is 5.20. The molecule has 1 aliphatic rings. The van der Waals surface area contributed by atoms with E-state index in [1.165, 1.54) is 10.6 Å². The summed E-state index contributed by atoms with van der Waals surface area (Å²) >= 11 is 0. The van der Waals surface area contributed by atoms with Gasteiger partial charge in [0, 0.05) is 19.1 Å². The molecule has 0 N–H and O–H groups in total. The maximum absolute atomic E-state index is 13.5. The molecule has 4 rings (SSSR count). The molecule has 0 atom stereocenters. The topological polar surface area (TPSA) is 72.3 Å². The summed E-state index contributed by atoms with van der Waals surface area (Å²) in [5.41, 5.74) is 1.42. The summed E-state index contributed by atoms with van der Waals surface area (Å²) in [7, 11) is -3.93. The first-order valence-electron chi connectivity index (χ1n) is 9.20. The molecular formula is C20H19F2N3O3S. The third-order valence-electron chi connectivity index (χ3n) is 5.36. The molecule has 0 unspecified atom stereocenters. The number of rotatable bonds is 3. The molecule has 2 heterocycles. The van der Waals surface area contributed by atoms with E-state index < -0.39 is 21.7 Å². The Labute approximate surface area is 166 Å². The lowest BCUT2D eigenvalue weighted by atomic mass is 10.1. The van der Waals surface area contributed by atoms with Gasteiger partial charge in [0.05, 0.1) is 22.1 Å². The number of halogens is 2. The minimum Gasteiger partial charge on any atom is -0.296 e. The standard InChI is InChI=1S/C20H19F2N3O3S/c1-13-3-2-4-16-19(13)23-12-25(20(16)26)14-7-9-24(10-8-14)29(27,28)15-5-6-17(21)18(22)11-15/h2-6,11-12,14H,7-10H2,1H3. The SMILES string of the molecule is Cc1cccc2c(=O)n(C3CCN(S(=O)(=O)c4ccc(F)c(F)c4)CC3)cnc12. The predicted molar refractivity (Wildman–Crippen MR) is 104 cm³/mol. The summed E-state index contributed by atoms with van der Waals surface area (Å²) < 4.78 is 54.8. The zero-order valence-electron chi connectivity index (χ0n) is 15.7. The number of aromatic nitrogens is 2. The molecule has 1 saturated heterocycles. The van der Waals surface area contributed by atoms with E-state index in [0.717, 1.165) is 17.7 Å². The summed E-state index contributed by atoms with van der Waals surface area (Å²) in [6, 6.07) is 7.80. The summed E-state index contributed by atoms with van der Waals surface area (Å²) in [6.45, 7) is 2.23. The Morgan fingerprint density at radius 2 is 1.79 bits per heavy atom. The Hall–Kier alpha value is -2.65. The molecule has 6 nitrogen and oxygen atoms in total. The highest BCUT2D eigenvalue weighted by Gasteiger charge is 2.31. The van der Waals surface area contributed by atoms with Crippen molar-refractivity contribution in [1.82, 2.24) is 13.9 Å². The average molecular weight is 419 g/mol. The Bertz CT molecular complexity index is 1250. The van der Waals surface area contributed by atoms with Crippen molar-refractivity contribution >= 4 is 20.9 Å². The molecule has 2 aromatic carbocycles. The van der Waals surface area contributed by atoms with Gasteiger partial charge in [0.15, 0.2) is 11.6 Å². The predicted octanol–water partition coefficient (Wildman–Crippen LogP) is 3.01. The summed E-state index contributed by atoms with van der Waals surface area (Å²) in [5, 5.41) is 0.532. The van der Waals surface area contributed by atoms with Crippen molar-refractivity contribution in [2.24, 2.45) is 0 Å². The highest BCUT2D eigenvalue weighted by molar-refractivity contribution is 7.89. The van der Waals surface area contributed by atoms with Crippen molar-refractivity contribution in [1.29, 1.82) is 0 Å². The number of benzene rings is 2. The molecule has 9 heteroatoms. The van der Waals surface area contributed by atoms with Crippen LogP contribution in [0.5, 0.6) is 0 Å². The lowest BCUT2D eigenvalue weighted by Crippen LogP contribution is -2.40. The zero-order chi connectivity index (χ0) is 20.8. The van der Waals surface area contributed by atoms with Crippen LogP contribution in [0.1, 0.15) is 24.4 Å². The molecule has 152 valence electrons. The van der Waals surface area contributed by atoms with Crippen molar-refractivity contribution < 1.29 is 17.2 Å². The van der Waals surface area contributed by atoms with E-state index in [9.17, 15) is 22.0 Å². The number of fused-ring (bicyclic) bond motifs is 1. The van der Waals surface area contributed by atoms with E-state index >= 15 is 0 Å². The van der Waals surface area contributed by atoms with Gasteiger partial charge in [-0.2, -0.15) is 4.31 Å². The number of aryl methyl sites for hydroxylation is 1. The van der Waals surface area contributed by atoms with Crippen LogP contribution < -0.4 is 5.56 Å². The molecule has 0 saturated carbocycles. The van der Waals surface area contributed by atoms with Crippen molar-refractivity contribution in [2.75, 3.05) is 13.1 Å². The van der Waals surface area contributed by atoms with Gasteiger partial charge >= 0.3 is 0 Å². The van der Waals surface area contributed by atoms with Gasteiger partial charge in [-0.15, -0.1) is 0 Å². The maximum Gasteiger partial charge on any atom is 0.261 e. The largest absolute Gasteiger partial charge is 0.296 e.